The molecule has 1 aliphatic carbocycles. The summed E-state index contributed by atoms with van der Waals surface area (Å²) < 4.78 is 6.01. The molecule has 2 heteroatoms. The molecule has 1 aliphatic rings. The summed E-state index contributed by atoms with van der Waals surface area (Å²) >= 11 is 0. The van der Waals surface area contributed by atoms with Gasteiger partial charge in [0.25, 0.3) is 0 Å². The Morgan fingerprint density at radius 2 is 1.94 bits per heavy atom. The van der Waals surface area contributed by atoms with Crippen LogP contribution in [0.15, 0.2) is 33.5 Å². The highest BCUT2D eigenvalue weighted by molar-refractivity contribution is 5.79. The largest absolute Gasteiger partial charge is 0.460 e. The molecule has 1 aromatic heterocycles. The van der Waals surface area contributed by atoms with Gasteiger partial charge in [-0.15, -0.1) is 0 Å². The second-order valence-corrected chi connectivity index (χ2v) is 5.30. The molecule has 0 spiro atoms. The third kappa shape index (κ3) is 1.96. The lowest BCUT2D eigenvalue weighted by Gasteiger charge is -2.20. The molecular weight excluding hydrogens is 224 g/mol. The molecule has 0 radical (unpaired) electrons. The smallest absolute Gasteiger partial charge is 0.192 e. The Balaban J connectivity index is 2.14. The normalized spacial score (nSPS) is 17.2. The highest BCUT2D eigenvalue weighted by Gasteiger charge is 2.19. The van der Waals surface area contributed by atoms with Gasteiger partial charge in [-0.05, 0) is 31.4 Å². The first-order valence-corrected chi connectivity index (χ1v) is 6.79. The SMILES string of the molecule is Cc1cccc2c(=O)cc(C3CCCCC3)oc12. The first-order valence-electron chi connectivity index (χ1n) is 6.79. The Morgan fingerprint density at radius 3 is 2.72 bits per heavy atom. The third-order valence-electron chi connectivity index (χ3n) is 3.98. The zero-order valence-corrected chi connectivity index (χ0v) is 10.7. The highest BCUT2D eigenvalue weighted by Crippen LogP contribution is 2.33. The standard InChI is InChI=1S/C16H18O2/c1-11-6-5-9-13-14(17)10-15(18-16(11)13)12-7-3-2-4-8-12/h5-6,9-10,12H,2-4,7-8H2,1H3. The van der Waals surface area contributed by atoms with Gasteiger partial charge in [0.15, 0.2) is 5.43 Å². The van der Waals surface area contributed by atoms with Crippen molar-refractivity contribution in [2.24, 2.45) is 0 Å². The van der Waals surface area contributed by atoms with Gasteiger partial charge in [0.05, 0.1) is 5.39 Å². The molecule has 2 nitrogen and oxygen atoms in total. The monoisotopic (exact) mass is 242 g/mol. The van der Waals surface area contributed by atoms with Crippen molar-refractivity contribution in [3.05, 3.63) is 45.8 Å². The lowest BCUT2D eigenvalue weighted by atomic mass is 9.87. The lowest BCUT2D eigenvalue weighted by molar-refractivity contribution is 0.380. The van der Waals surface area contributed by atoms with Gasteiger partial charge in [0.2, 0.25) is 0 Å². The Kier molecular flexibility index (Phi) is 2.94. The van der Waals surface area contributed by atoms with Crippen LogP contribution in [-0.4, -0.2) is 0 Å². The van der Waals surface area contributed by atoms with Crippen LogP contribution in [0, 0.1) is 6.92 Å². The minimum absolute atomic E-state index is 0.0977. The Hall–Kier alpha value is -1.57. The van der Waals surface area contributed by atoms with Gasteiger partial charge < -0.3 is 4.42 Å². The van der Waals surface area contributed by atoms with Crippen molar-refractivity contribution in [3.8, 4) is 0 Å². The molecule has 1 saturated carbocycles. The summed E-state index contributed by atoms with van der Waals surface area (Å²) in [5.41, 5.74) is 1.91. The fourth-order valence-corrected chi connectivity index (χ4v) is 2.92. The van der Waals surface area contributed by atoms with Crippen molar-refractivity contribution >= 4 is 11.0 Å². The van der Waals surface area contributed by atoms with E-state index in [2.05, 4.69) is 0 Å². The van der Waals surface area contributed by atoms with E-state index in [1.54, 1.807) is 6.07 Å². The predicted molar refractivity (Wildman–Crippen MR) is 73.0 cm³/mol. The second kappa shape index (κ2) is 4.60. The maximum atomic E-state index is 12.1. The number of rotatable bonds is 1. The van der Waals surface area contributed by atoms with E-state index in [0.29, 0.717) is 11.3 Å². The molecule has 0 aliphatic heterocycles. The molecule has 0 saturated heterocycles. The lowest BCUT2D eigenvalue weighted by Crippen LogP contribution is -2.09. The predicted octanol–water partition coefficient (Wildman–Crippen LogP) is 4.15. The fourth-order valence-electron chi connectivity index (χ4n) is 2.92. The summed E-state index contributed by atoms with van der Waals surface area (Å²) in [5.74, 6) is 1.33. The van der Waals surface area contributed by atoms with Crippen molar-refractivity contribution in [1.82, 2.24) is 0 Å². The van der Waals surface area contributed by atoms with Crippen LogP contribution < -0.4 is 5.43 Å². The number of hydrogen-bond donors (Lipinski definition) is 0. The van der Waals surface area contributed by atoms with Crippen LogP contribution in [0.25, 0.3) is 11.0 Å². The van der Waals surface area contributed by atoms with Crippen LogP contribution in [0.3, 0.4) is 0 Å². The zero-order chi connectivity index (χ0) is 12.5. The number of benzene rings is 1. The van der Waals surface area contributed by atoms with Crippen molar-refractivity contribution < 1.29 is 4.42 Å². The van der Waals surface area contributed by atoms with Gasteiger partial charge in [-0.1, -0.05) is 31.4 Å². The van der Waals surface area contributed by atoms with E-state index in [1.165, 1.54) is 19.3 Å². The summed E-state index contributed by atoms with van der Waals surface area (Å²) in [5, 5.41) is 0.703. The summed E-state index contributed by atoms with van der Waals surface area (Å²) in [6.45, 7) is 2.00. The van der Waals surface area contributed by atoms with E-state index < -0.39 is 0 Å². The maximum Gasteiger partial charge on any atom is 0.192 e. The molecule has 0 unspecified atom stereocenters. The number of hydrogen-bond acceptors (Lipinski definition) is 2. The van der Waals surface area contributed by atoms with Gasteiger partial charge in [0.1, 0.15) is 11.3 Å². The second-order valence-electron chi connectivity index (χ2n) is 5.30. The van der Waals surface area contributed by atoms with Gasteiger partial charge in [-0.3, -0.25) is 4.79 Å². The molecule has 0 N–H and O–H groups in total. The average molecular weight is 242 g/mol. The van der Waals surface area contributed by atoms with Gasteiger partial charge in [-0.2, -0.15) is 0 Å². The molecule has 0 amide bonds. The summed E-state index contributed by atoms with van der Waals surface area (Å²) in [7, 11) is 0. The molecule has 1 aromatic carbocycles. The van der Waals surface area contributed by atoms with E-state index in [0.717, 1.165) is 29.7 Å². The Bertz CT molecular complexity index is 619. The van der Waals surface area contributed by atoms with Crippen LogP contribution in [0.2, 0.25) is 0 Å². The minimum atomic E-state index is 0.0977. The summed E-state index contributed by atoms with van der Waals surface area (Å²) in [6, 6.07) is 7.46. The quantitative estimate of drug-likeness (QED) is 0.752. The van der Waals surface area contributed by atoms with Crippen LogP contribution >= 0.6 is 0 Å². The van der Waals surface area contributed by atoms with Crippen LogP contribution in [0.1, 0.15) is 49.3 Å². The molecule has 1 fully saturated rings. The van der Waals surface area contributed by atoms with Crippen molar-refractivity contribution in [2.75, 3.05) is 0 Å². The number of fused-ring (bicyclic) bond motifs is 1. The van der Waals surface area contributed by atoms with Gasteiger partial charge >= 0.3 is 0 Å². The van der Waals surface area contributed by atoms with E-state index >= 15 is 0 Å². The fraction of sp³-hybridized carbons (Fsp3) is 0.438. The molecule has 94 valence electrons. The van der Waals surface area contributed by atoms with Crippen molar-refractivity contribution in [1.29, 1.82) is 0 Å². The number of aryl methyl sites for hydroxylation is 1. The first-order chi connectivity index (χ1) is 8.75. The topological polar surface area (TPSA) is 30.2 Å². The number of para-hydroxylation sites is 1. The Labute approximate surface area is 107 Å². The van der Waals surface area contributed by atoms with Crippen LogP contribution in [0.5, 0.6) is 0 Å². The van der Waals surface area contributed by atoms with E-state index in [4.69, 9.17) is 4.42 Å². The highest BCUT2D eigenvalue weighted by atomic mass is 16.3. The molecular formula is C16H18O2. The molecule has 2 aromatic rings. The molecule has 3 rings (SSSR count). The van der Waals surface area contributed by atoms with Crippen LogP contribution in [-0.2, 0) is 0 Å². The van der Waals surface area contributed by atoms with E-state index in [1.807, 2.05) is 25.1 Å². The average Bonchev–Trinajstić information content (AvgIpc) is 2.41. The molecule has 18 heavy (non-hydrogen) atoms. The summed E-state index contributed by atoms with van der Waals surface area (Å²) in [4.78, 5) is 12.1. The Morgan fingerprint density at radius 1 is 1.17 bits per heavy atom. The molecule has 0 atom stereocenters. The van der Waals surface area contributed by atoms with Gasteiger partial charge in [0, 0.05) is 12.0 Å². The van der Waals surface area contributed by atoms with Crippen molar-refractivity contribution in [2.45, 2.75) is 44.9 Å². The van der Waals surface area contributed by atoms with Crippen molar-refractivity contribution in [3.63, 3.8) is 0 Å². The first kappa shape index (κ1) is 11.5. The molecule has 0 bridgehead atoms. The van der Waals surface area contributed by atoms with E-state index in [-0.39, 0.29) is 5.43 Å². The maximum absolute atomic E-state index is 12.1. The summed E-state index contributed by atoms with van der Waals surface area (Å²) in [6.07, 6.45) is 6.12. The third-order valence-corrected chi connectivity index (χ3v) is 3.98. The van der Waals surface area contributed by atoms with Gasteiger partial charge in [-0.25, -0.2) is 0 Å². The van der Waals surface area contributed by atoms with E-state index in [9.17, 15) is 4.79 Å². The van der Waals surface area contributed by atoms with Crippen LogP contribution in [0.4, 0.5) is 0 Å². The zero-order valence-electron chi connectivity index (χ0n) is 10.7. The molecule has 1 heterocycles. The minimum Gasteiger partial charge on any atom is -0.460 e.